The molecule has 0 fully saturated rings. The average Bonchev–Trinajstić information content (AvgIpc) is 2.53. The topological polar surface area (TPSA) is 89.3 Å². The molecule has 2 rings (SSSR count). The monoisotopic (exact) mass is 352 g/mol. The number of benzene rings is 2. The van der Waals surface area contributed by atoms with Gasteiger partial charge < -0.3 is 0 Å². The highest BCUT2D eigenvalue weighted by atomic mass is 32.2. The maximum atomic E-state index is 13.1. The largest absolute Gasteiger partial charge is 0.289 e. The van der Waals surface area contributed by atoms with Gasteiger partial charge in [-0.3, -0.25) is 10.1 Å². The van der Waals surface area contributed by atoms with Gasteiger partial charge in [-0.2, -0.15) is 0 Å². The molecule has 0 spiro atoms. The number of nitro groups is 1. The van der Waals surface area contributed by atoms with Crippen LogP contribution in [-0.4, -0.2) is 13.3 Å². The molecule has 8 heteroatoms. The number of nitrogens with zero attached hydrogens (tertiary/aromatic N) is 1. The smallest absolute Gasteiger partial charge is 0.258 e. The Bertz CT molecular complexity index is 835. The Labute approximate surface area is 139 Å². The Balaban J connectivity index is 2.42. The zero-order chi connectivity index (χ0) is 17.9. The number of para-hydroxylation sites is 1. The van der Waals surface area contributed by atoms with Crippen molar-refractivity contribution in [1.82, 2.24) is 4.72 Å². The highest BCUT2D eigenvalue weighted by Crippen LogP contribution is 2.28. The second-order valence-corrected chi connectivity index (χ2v) is 7.30. The first-order valence-corrected chi connectivity index (χ1v) is 8.72. The van der Waals surface area contributed by atoms with Gasteiger partial charge in [0.25, 0.3) is 5.69 Å². The Morgan fingerprint density at radius 3 is 2.21 bits per heavy atom. The minimum absolute atomic E-state index is 0.145. The fraction of sp³-hybridized carbons (Fsp3) is 0.250. The summed E-state index contributed by atoms with van der Waals surface area (Å²) in [4.78, 5) is 9.93. The van der Waals surface area contributed by atoms with Gasteiger partial charge in [-0.1, -0.05) is 38.1 Å². The zero-order valence-corrected chi connectivity index (χ0v) is 14.0. The maximum absolute atomic E-state index is 13.1. The lowest BCUT2D eigenvalue weighted by molar-refractivity contribution is -0.387. The molecule has 2 aromatic rings. The quantitative estimate of drug-likeness (QED) is 0.637. The molecule has 0 saturated carbocycles. The summed E-state index contributed by atoms with van der Waals surface area (Å²) in [6, 6.07) is 9.95. The van der Waals surface area contributed by atoms with Crippen molar-refractivity contribution >= 4 is 15.7 Å². The molecule has 6 nitrogen and oxygen atoms in total. The Morgan fingerprint density at radius 2 is 1.67 bits per heavy atom. The highest BCUT2D eigenvalue weighted by molar-refractivity contribution is 7.89. The third-order valence-corrected chi connectivity index (χ3v) is 5.02. The fourth-order valence-electron chi connectivity index (χ4n) is 2.33. The van der Waals surface area contributed by atoms with E-state index < -0.39 is 37.4 Å². The van der Waals surface area contributed by atoms with Gasteiger partial charge in [0.2, 0.25) is 10.0 Å². The molecule has 128 valence electrons. The van der Waals surface area contributed by atoms with E-state index in [1.165, 1.54) is 42.5 Å². The van der Waals surface area contributed by atoms with Gasteiger partial charge in [-0.15, -0.1) is 0 Å². The number of halogens is 1. The van der Waals surface area contributed by atoms with Crippen molar-refractivity contribution in [1.29, 1.82) is 0 Å². The van der Waals surface area contributed by atoms with Gasteiger partial charge in [-0.25, -0.2) is 17.5 Å². The van der Waals surface area contributed by atoms with E-state index in [1.807, 2.05) is 0 Å². The van der Waals surface area contributed by atoms with E-state index in [4.69, 9.17) is 0 Å². The van der Waals surface area contributed by atoms with Crippen molar-refractivity contribution in [2.75, 3.05) is 0 Å². The normalized spacial score (nSPS) is 13.0. The lowest BCUT2D eigenvalue weighted by atomic mass is 9.97. The van der Waals surface area contributed by atoms with Crippen molar-refractivity contribution in [2.45, 2.75) is 24.8 Å². The number of hydrogen-bond acceptors (Lipinski definition) is 4. The molecule has 0 saturated heterocycles. The summed E-state index contributed by atoms with van der Waals surface area (Å²) in [6.07, 6.45) is 0. The number of nitrogens with one attached hydrogen (secondary N) is 1. The molecule has 0 bridgehead atoms. The van der Waals surface area contributed by atoms with E-state index in [0.717, 1.165) is 6.07 Å². The molecule has 1 atom stereocenters. The highest BCUT2D eigenvalue weighted by Gasteiger charge is 2.29. The molecule has 1 unspecified atom stereocenters. The van der Waals surface area contributed by atoms with Crippen molar-refractivity contribution in [3.8, 4) is 0 Å². The van der Waals surface area contributed by atoms with Gasteiger partial charge >= 0.3 is 0 Å². The van der Waals surface area contributed by atoms with E-state index in [2.05, 4.69) is 4.72 Å². The first-order chi connectivity index (χ1) is 11.2. The van der Waals surface area contributed by atoms with Crippen LogP contribution in [-0.2, 0) is 10.0 Å². The van der Waals surface area contributed by atoms with Crippen LogP contribution in [0.5, 0.6) is 0 Å². The molecule has 2 aromatic carbocycles. The van der Waals surface area contributed by atoms with Crippen LogP contribution in [0.1, 0.15) is 25.5 Å². The van der Waals surface area contributed by atoms with Crippen LogP contribution < -0.4 is 4.72 Å². The third kappa shape index (κ3) is 3.95. The average molecular weight is 352 g/mol. The predicted molar refractivity (Wildman–Crippen MR) is 87.4 cm³/mol. The molecule has 24 heavy (non-hydrogen) atoms. The summed E-state index contributed by atoms with van der Waals surface area (Å²) in [5.74, 6) is -0.573. The Morgan fingerprint density at radius 1 is 1.08 bits per heavy atom. The van der Waals surface area contributed by atoms with Gasteiger partial charge in [0, 0.05) is 12.1 Å². The van der Waals surface area contributed by atoms with Crippen LogP contribution in [0.25, 0.3) is 0 Å². The molecule has 0 heterocycles. The molecule has 0 aliphatic rings. The summed E-state index contributed by atoms with van der Waals surface area (Å²) in [7, 11) is -4.12. The van der Waals surface area contributed by atoms with Crippen molar-refractivity contribution in [2.24, 2.45) is 5.92 Å². The van der Waals surface area contributed by atoms with Gasteiger partial charge in [-0.05, 0) is 29.7 Å². The van der Waals surface area contributed by atoms with Gasteiger partial charge in [0.15, 0.2) is 4.90 Å². The molecule has 0 aromatic heterocycles. The van der Waals surface area contributed by atoms with Crippen LogP contribution in [0.2, 0.25) is 0 Å². The van der Waals surface area contributed by atoms with E-state index in [-0.39, 0.29) is 5.92 Å². The standard InChI is InChI=1S/C16H17FN2O4S/c1-11(2)16(12-7-9-13(17)10-8-12)18-24(22,23)15-6-4-3-5-14(15)19(20)21/h3-11,16,18H,1-2H3. The van der Waals surface area contributed by atoms with Crippen molar-refractivity contribution in [3.05, 3.63) is 70.0 Å². The first-order valence-electron chi connectivity index (χ1n) is 7.23. The summed E-state index contributed by atoms with van der Waals surface area (Å²) in [5.41, 5.74) is 0.0835. The van der Waals surface area contributed by atoms with Gasteiger partial charge in [0.05, 0.1) is 4.92 Å². The van der Waals surface area contributed by atoms with Crippen LogP contribution in [0.3, 0.4) is 0 Å². The van der Waals surface area contributed by atoms with Crippen LogP contribution in [0.15, 0.2) is 53.4 Å². The Hall–Kier alpha value is -2.32. The Kier molecular flexibility index (Phi) is 5.30. The second-order valence-electron chi connectivity index (χ2n) is 5.62. The summed E-state index contributed by atoms with van der Waals surface area (Å²) in [6.45, 7) is 3.60. The van der Waals surface area contributed by atoms with E-state index in [1.54, 1.807) is 13.8 Å². The molecule has 1 N–H and O–H groups in total. The van der Waals surface area contributed by atoms with Crippen LogP contribution >= 0.6 is 0 Å². The molecule has 0 radical (unpaired) electrons. The van der Waals surface area contributed by atoms with Crippen molar-refractivity contribution in [3.63, 3.8) is 0 Å². The summed E-state index contributed by atoms with van der Waals surface area (Å²) >= 11 is 0. The van der Waals surface area contributed by atoms with E-state index in [0.29, 0.717) is 5.56 Å². The zero-order valence-electron chi connectivity index (χ0n) is 13.1. The van der Waals surface area contributed by atoms with E-state index in [9.17, 15) is 22.9 Å². The molecular weight excluding hydrogens is 335 g/mol. The van der Waals surface area contributed by atoms with Crippen LogP contribution in [0, 0.1) is 21.8 Å². The number of hydrogen-bond donors (Lipinski definition) is 1. The van der Waals surface area contributed by atoms with Crippen molar-refractivity contribution < 1.29 is 17.7 Å². The fourth-order valence-corrected chi connectivity index (χ4v) is 3.87. The van der Waals surface area contributed by atoms with E-state index >= 15 is 0 Å². The predicted octanol–water partition coefficient (Wildman–Crippen LogP) is 3.41. The number of nitro benzene ring substituents is 1. The lowest BCUT2D eigenvalue weighted by Gasteiger charge is -2.22. The molecule has 0 aliphatic carbocycles. The molecular formula is C16H17FN2O4S. The lowest BCUT2D eigenvalue weighted by Crippen LogP contribution is -2.32. The minimum Gasteiger partial charge on any atom is -0.258 e. The van der Waals surface area contributed by atoms with Gasteiger partial charge in [0.1, 0.15) is 5.82 Å². The number of rotatable bonds is 6. The number of sulfonamides is 1. The van der Waals surface area contributed by atoms with Crippen LogP contribution in [0.4, 0.5) is 10.1 Å². The summed E-state index contributed by atoms with van der Waals surface area (Å²) in [5, 5.41) is 11.1. The maximum Gasteiger partial charge on any atom is 0.289 e. The first kappa shape index (κ1) is 18.0. The minimum atomic E-state index is -4.12. The SMILES string of the molecule is CC(C)C(NS(=O)(=O)c1ccccc1[N+](=O)[O-])c1ccc(F)cc1. The molecule has 0 aliphatic heterocycles. The summed E-state index contributed by atoms with van der Waals surface area (Å²) < 4.78 is 40.8. The second kappa shape index (κ2) is 7.06. The third-order valence-electron chi connectivity index (χ3n) is 3.53. The molecule has 0 amide bonds.